The number of rotatable bonds is 2. The summed E-state index contributed by atoms with van der Waals surface area (Å²) in [4.78, 5) is 10.5. The number of nitrogens with one attached hydrogen (secondary N) is 1. The first kappa shape index (κ1) is 9.64. The molecule has 2 aromatic rings. The third-order valence-corrected chi connectivity index (χ3v) is 2.25. The highest BCUT2D eigenvalue weighted by molar-refractivity contribution is 5.66. The second-order valence-electron chi connectivity index (χ2n) is 3.55. The highest BCUT2D eigenvalue weighted by atomic mass is 15.1. The van der Waals surface area contributed by atoms with Crippen molar-refractivity contribution in [3.8, 4) is 11.3 Å². The fourth-order valence-electron chi connectivity index (χ4n) is 1.56. The molecule has 0 aliphatic carbocycles. The largest absolute Gasteiger partial charge is 0.362 e. The Hall–Kier alpha value is -1.91. The molecule has 0 radical (unpaired) electrons. The first-order valence-electron chi connectivity index (χ1n) is 4.68. The van der Waals surface area contributed by atoms with Gasteiger partial charge in [0.25, 0.3) is 0 Å². The van der Waals surface area contributed by atoms with Crippen molar-refractivity contribution >= 4 is 5.82 Å². The van der Waals surface area contributed by atoms with Crippen LogP contribution >= 0.6 is 0 Å². The molecular formula is C10H13N5. The normalized spacial score (nSPS) is 10.3. The molecule has 2 rings (SSSR count). The number of aromatic nitrogens is 4. The first-order chi connectivity index (χ1) is 7.20. The lowest BCUT2D eigenvalue weighted by molar-refractivity contribution is 1.02. The van der Waals surface area contributed by atoms with Crippen molar-refractivity contribution in [2.75, 3.05) is 19.0 Å². The monoisotopic (exact) mass is 203 g/mol. The Kier molecular flexibility index (Phi) is 2.37. The van der Waals surface area contributed by atoms with Crippen molar-refractivity contribution in [2.45, 2.75) is 6.92 Å². The van der Waals surface area contributed by atoms with Crippen molar-refractivity contribution in [1.82, 2.24) is 20.2 Å². The maximum absolute atomic E-state index is 4.27. The van der Waals surface area contributed by atoms with Gasteiger partial charge in [0.05, 0.1) is 11.9 Å². The van der Waals surface area contributed by atoms with Gasteiger partial charge in [-0.25, -0.2) is 9.97 Å². The molecule has 15 heavy (non-hydrogen) atoms. The van der Waals surface area contributed by atoms with Crippen molar-refractivity contribution in [3.05, 3.63) is 24.3 Å². The van der Waals surface area contributed by atoms with Gasteiger partial charge < -0.3 is 4.90 Å². The van der Waals surface area contributed by atoms with Crippen molar-refractivity contribution in [1.29, 1.82) is 0 Å². The number of hydrogen-bond acceptors (Lipinski definition) is 4. The third-order valence-electron chi connectivity index (χ3n) is 2.25. The van der Waals surface area contributed by atoms with E-state index in [0.29, 0.717) is 0 Å². The second-order valence-corrected chi connectivity index (χ2v) is 3.55. The fraction of sp³-hybridized carbons (Fsp3) is 0.300. The van der Waals surface area contributed by atoms with Gasteiger partial charge >= 0.3 is 0 Å². The van der Waals surface area contributed by atoms with Gasteiger partial charge in [0.1, 0.15) is 12.1 Å². The van der Waals surface area contributed by atoms with Gasteiger partial charge in [0.15, 0.2) is 0 Å². The Morgan fingerprint density at radius 1 is 1.27 bits per heavy atom. The summed E-state index contributed by atoms with van der Waals surface area (Å²) in [6.07, 6.45) is 5.16. The highest BCUT2D eigenvalue weighted by Crippen LogP contribution is 2.24. The maximum Gasteiger partial charge on any atom is 0.134 e. The zero-order valence-electron chi connectivity index (χ0n) is 9.02. The maximum atomic E-state index is 4.27. The van der Waals surface area contributed by atoms with Crippen LogP contribution in [-0.4, -0.2) is 34.3 Å². The summed E-state index contributed by atoms with van der Waals surface area (Å²) >= 11 is 0. The summed E-state index contributed by atoms with van der Waals surface area (Å²) in [6, 6.07) is 0. The molecule has 5 heteroatoms. The standard InChI is InChI=1S/C10H13N5/c1-7-9(8-4-13-14-5-8)11-6-12-10(7)15(2)3/h4-6H,1-3H3,(H,13,14). The van der Waals surface area contributed by atoms with Crippen LogP contribution in [0.25, 0.3) is 11.3 Å². The molecule has 0 aliphatic rings. The Morgan fingerprint density at radius 2 is 2.07 bits per heavy atom. The zero-order valence-corrected chi connectivity index (χ0v) is 9.02. The van der Waals surface area contributed by atoms with Gasteiger partial charge in [-0.2, -0.15) is 5.10 Å². The van der Waals surface area contributed by atoms with Crippen LogP contribution < -0.4 is 4.90 Å². The van der Waals surface area contributed by atoms with E-state index in [0.717, 1.165) is 22.6 Å². The average molecular weight is 203 g/mol. The predicted molar refractivity (Wildman–Crippen MR) is 58.7 cm³/mol. The minimum atomic E-state index is 0.919. The Balaban J connectivity index is 2.54. The highest BCUT2D eigenvalue weighted by Gasteiger charge is 2.10. The Labute approximate surface area is 88.2 Å². The summed E-state index contributed by atoms with van der Waals surface area (Å²) < 4.78 is 0. The SMILES string of the molecule is Cc1c(-c2cn[nH]c2)ncnc1N(C)C. The summed E-state index contributed by atoms with van der Waals surface area (Å²) in [7, 11) is 3.93. The minimum Gasteiger partial charge on any atom is -0.362 e. The lowest BCUT2D eigenvalue weighted by atomic mass is 10.1. The van der Waals surface area contributed by atoms with Gasteiger partial charge in [-0.15, -0.1) is 0 Å². The lowest BCUT2D eigenvalue weighted by Crippen LogP contribution is -2.13. The second kappa shape index (κ2) is 3.68. The van der Waals surface area contributed by atoms with Crippen LogP contribution in [0.4, 0.5) is 5.82 Å². The van der Waals surface area contributed by atoms with E-state index in [1.807, 2.05) is 32.1 Å². The molecule has 0 bridgehead atoms. The van der Waals surface area contributed by atoms with Crippen LogP contribution in [0, 0.1) is 6.92 Å². The predicted octanol–water partition coefficient (Wildman–Crippen LogP) is 1.24. The van der Waals surface area contributed by atoms with Crippen molar-refractivity contribution in [2.24, 2.45) is 0 Å². The smallest absolute Gasteiger partial charge is 0.134 e. The molecule has 0 amide bonds. The molecule has 2 heterocycles. The number of aromatic amines is 1. The van der Waals surface area contributed by atoms with E-state index < -0.39 is 0 Å². The molecule has 78 valence electrons. The number of hydrogen-bond donors (Lipinski definition) is 1. The molecule has 0 fully saturated rings. The topological polar surface area (TPSA) is 57.7 Å². The summed E-state index contributed by atoms with van der Waals surface area (Å²) in [5.41, 5.74) is 2.96. The molecule has 0 aromatic carbocycles. The van der Waals surface area contributed by atoms with Crippen molar-refractivity contribution in [3.63, 3.8) is 0 Å². The molecule has 1 N–H and O–H groups in total. The van der Waals surface area contributed by atoms with Gasteiger partial charge in [0, 0.05) is 31.4 Å². The van der Waals surface area contributed by atoms with Crippen LogP contribution in [0.1, 0.15) is 5.56 Å². The molecule has 5 nitrogen and oxygen atoms in total. The summed E-state index contributed by atoms with van der Waals surface area (Å²) in [6.45, 7) is 2.01. The molecule has 0 saturated carbocycles. The van der Waals surface area contributed by atoms with Crippen LogP contribution in [0.3, 0.4) is 0 Å². The van der Waals surface area contributed by atoms with E-state index in [2.05, 4.69) is 20.2 Å². The Bertz CT molecular complexity index is 447. The zero-order chi connectivity index (χ0) is 10.8. The summed E-state index contributed by atoms with van der Waals surface area (Å²) in [5, 5.41) is 6.70. The molecular weight excluding hydrogens is 190 g/mol. The van der Waals surface area contributed by atoms with Crippen LogP contribution in [0.2, 0.25) is 0 Å². The van der Waals surface area contributed by atoms with E-state index in [-0.39, 0.29) is 0 Å². The molecule has 0 spiro atoms. The average Bonchev–Trinajstić information content (AvgIpc) is 2.70. The fourth-order valence-corrected chi connectivity index (χ4v) is 1.56. The van der Waals surface area contributed by atoms with E-state index in [1.165, 1.54) is 0 Å². The first-order valence-corrected chi connectivity index (χ1v) is 4.68. The van der Waals surface area contributed by atoms with E-state index in [4.69, 9.17) is 0 Å². The van der Waals surface area contributed by atoms with Crippen LogP contribution in [-0.2, 0) is 0 Å². The van der Waals surface area contributed by atoms with Crippen LogP contribution in [0.5, 0.6) is 0 Å². The summed E-state index contributed by atoms with van der Waals surface area (Å²) in [5.74, 6) is 0.932. The van der Waals surface area contributed by atoms with Gasteiger partial charge in [-0.05, 0) is 6.92 Å². The minimum absolute atomic E-state index is 0.919. The van der Waals surface area contributed by atoms with E-state index >= 15 is 0 Å². The number of anilines is 1. The molecule has 0 aliphatic heterocycles. The van der Waals surface area contributed by atoms with E-state index in [9.17, 15) is 0 Å². The number of nitrogens with zero attached hydrogens (tertiary/aromatic N) is 4. The Morgan fingerprint density at radius 3 is 2.67 bits per heavy atom. The van der Waals surface area contributed by atoms with Gasteiger partial charge in [0.2, 0.25) is 0 Å². The van der Waals surface area contributed by atoms with Crippen LogP contribution in [0.15, 0.2) is 18.7 Å². The van der Waals surface area contributed by atoms with Gasteiger partial charge in [-0.3, -0.25) is 5.10 Å². The molecule has 0 atom stereocenters. The van der Waals surface area contributed by atoms with Gasteiger partial charge in [-0.1, -0.05) is 0 Å². The molecule has 0 unspecified atom stereocenters. The molecule has 0 saturated heterocycles. The van der Waals surface area contributed by atoms with E-state index in [1.54, 1.807) is 12.5 Å². The van der Waals surface area contributed by atoms with Crippen molar-refractivity contribution < 1.29 is 0 Å². The quantitative estimate of drug-likeness (QED) is 0.797. The molecule has 2 aromatic heterocycles. The lowest BCUT2D eigenvalue weighted by Gasteiger charge is -2.15. The number of H-pyrrole nitrogens is 1. The third kappa shape index (κ3) is 1.68.